The second-order valence-electron chi connectivity index (χ2n) is 5.46. The zero-order chi connectivity index (χ0) is 15.1. The quantitative estimate of drug-likeness (QED) is 0.781. The van der Waals surface area contributed by atoms with Crippen LogP contribution < -0.4 is 10.2 Å². The van der Waals surface area contributed by atoms with Crippen molar-refractivity contribution < 1.29 is 0 Å². The minimum absolute atomic E-state index is 0.502. The van der Waals surface area contributed by atoms with Crippen molar-refractivity contribution in [3.63, 3.8) is 0 Å². The van der Waals surface area contributed by atoms with E-state index in [0.29, 0.717) is 6.04 Å². The van der Waals surface area contributed by atoms with Gasteiger partial charge in [0.25, 0.3) is 0 Å². The maximum Gasteiger partial charge on any atom is 0.0366 e. The van der Waals surface area contributed by atoms with Gasteiger partial charge in [0.05, 0.1) is 0 Å². The highest BCUT2D eigenvalue weighted by Gasteiger charge is 2.05. The Morgan fingerprint density at radius 2 is 1.76 bits per heavy atom. The van der Waals surface area contributed by atoms with Crippen LogP contribution in [0.2, 0.25) is 0 Å². The normalized spacial score (nSPS) is 12.3. The largest absolute Gasteiger partial charge is 0.372 e. The molecule has 3 heteroatoms. The molecule has 1 atom stereocenters. The first kappa shape index (κ1) is 16.1. The third-order valence-corrected chi connectivity index (χ3v) is 4.57. The summed E-state index contributed by atoms with van der Waals surface area (Å²) >= 11 is 1.77. The summed E-state index contributed by atoms with van der Waals surface area (Å²) in [6.07, 6.45) is 1.10. The highest BCUT2D eigenvalue weighted by molar-refractivity contribution is 7.07. The molecule has 1 aromatic heterocycles. The molecule has 2 rings (SSSR count). The first-order chi connectivity index (χ1) is 10.2. The maximum atomic E-state index is 3.60. The zero-order valence-corrected chi connectivity index (χ0v) is 14.1. The Morgan fingerprint density at radius 1 is 1.05 bits per heavy atom. The van der Waals surface area contributed by atoms with Crippen molar-refractivity contribution in [3.05, 3.63) is 52.2 Å². The Kier molecular flexibility index (Phi) is 6.27. The van der Waals surface area contributed by atoms with Crippen molar-refractivity contribution in [1.82, 2.24) is 5.32 Å². The number of thiophene rings is 1. The Morgan fingerprint density at radius 3 is 2.33 bits per heavy atom. The highest BCUT2D eigenvalue weighted by Crippen LogP contribution is 2.15. The van der Waals surface area contributed by atoms with Gasteiger partial charge in [0.15, 0.2) is 0 Å². The molecule has 0 spiro atoms. The lowest BCUT2D eigenvalue weighted by Gasteiger charge is -2.21. The first-order valence-electron chi connectivity index (χ1n) is 7.81. The Balaban J connectivity index is 1.83. The molecule has 0 aliphatic rings. The van der Waals surface area contributed by atoms with Crippen LogP contribution in [-0.4, -0.2) is 19.1 Å². The van der Waals surface area contributed by atoms with Gasteiger partial charge in [0.1, 0.15) is 0 Å². The molecule has 2 aromatic rings. The summed E-state index contributed by atoms with van der Waals surface area (Å²) in [6.45, 7) is 9.71. The number of hydrogen-bond acceptors (Lipinski definition) is 3. The van der Waals surface area contributed by atoms with Crippen LogP contribution in [0, 0.1) is 0 Å². The van der Waals surface area contributed by atoms with Gasteiger partial charge in [-0.1, -0.05) is 12.1 Å². The number of nitrogens with zero attached hydrogens (tertiary/aromatic N) is 1. The molecule has 1 N–H and O–H groups in total. The molecule has 0 bridgehead atoms. The predicted molar refractivity (Wildman–Crippen MR) is 94.3 cm³/mol. The second-order valence-corrected chi connectivity index (χ2v) is 6.24. The van der Waals surface area contributed by atoms with Crippen LogP contribution in [0.15, 0.2) is 41.1 Å². The molecule has 114 valence electrons. The van der Waals surface area contributed by atoms with Crippen molar-refractivity contribution in [3.8, 4) is 0 Å². The maximum absolute atomic E-state index is 3.60. The molecule has 0 saturated carbocycles. The summed E-state index contributed by atoms with van der Waals surface area (Å²) in [4.78, 5) is 2.37. The van der Waals surface area contributed by atoms with E-state index in [9.17, 15) is 0 Å². The monoisotopic (exact) mass is 302 g/mol. The van der Waals surface area contributed by atoms with Crippen LogP contribution in [0.4, 0.5) is 5.69 Å². The highest BCUT2D eigenvalue weighted by atomic mass is 32.1. The molecule has 0 aliphatic heterocycles. The van der Waals surface area contributed by atoms with Crippen molar-refractivity contribution in [1.29, 1.82) is 0 Å². The number of rotatable bonds is 8. The Labute approximate surface area is 132 Å². The Hall–Kier alpha value is -1.32. The van der Waals surface area contributed by atoms with E-state index in [1.54, 1.807) is 11.3 Å². The van der Waals surface area contributed by atoms with E-state index < -0.39 is 0 Å². The molecule has 1 aromatic carbocycles. The lowest BCUT2D eigenvalue weighted by molar-refractivity contribution is 0.546. The van der Waals surface area contributed by atoms with Crippen LogP contribution in [-0.2, 0) is 13.0 Å². The molecule has 0 amide bonds. The van der Waals surface area contributed by atoms with Gasteiger partial charge in [-0.05, 0) is 67.3 Å². The van der Waals surface area contributed by atoms with Crippen molar-refractivity contribution in [2.75, 3.05) is 18.0 Å². The Bertz CT molecular complexity index is 501. The van der Waals surface area contributed by atoms with Gasteiger partial charge in [-0.25, -0.2) is 0 Å². The van der Waals surface area contributed by atoms with E-state index in [-0.39, 0.29) is 0 Å². The summed E-state index contributed by atoms with van der Waals surface area (Å²) in [5.74, 6) is 0. The average molecular weight is 302 g/mol. The first-order valence-corrected chi connectivity index (χ1v) is 8.75. The number of hydrogen-bond donors (Lipinski definition) is 1. The SMILES string of the molecule is CCN(CC)c1ccc(CNC(C)Cc2ccsc2)cc1. The molecular weight excluding hydrogens is 276 g/mol. The van der Waals surface area contributed by atoms with E-state index in [0.717, 1.165) is 26.1 Å². The minimum Gasteiger partial charge on any atom is -0.372 e. The van der Waals surface area contributed by atoms with Gasteiger partial charge in [-0.3, -0.25) is 0 Å². The van der Waals surface area contributed by atoms with Gasteiger partial charge >= 0.3 is 0 Å². The molecule has 21 heavy (non-hydrogen) atoms. The average Bonchev–Trinajstić information content (AvgIpc) is 3.00. The summed E-state index contributed by atoms with van der Waals surface area (Å²) in [5.41, 5.74) is 4.09. The third kappa shape index (κ3) is 4.87. The summed E-state index contributed by atoms with van der Waals surface area (Å²) in [6, 6.07) is 11.6. The minimum atomic E-state index is 0.502. The molecule has 1 unspecified atom stereocenters. The van der Waals surface area contributed by atoms with Gasteiger partial charge in [0.2, 0.25) is 0 Å². The molecule has 0 saturated heterocycles. The van der Waals surface area contributed by atoms with Gasteiger partial charge in [0, 0.05) is 31.4 Å². The standard InChI is InChI=1S/C18H26N2S/c1-4-20(5-2)18-8-6-16(7-9-18)13-19-15(3)12-17-10-11-21-14-17/h6-11,14-15,19H,4-5,12-13H2,1-3H3. The van der Waals surface area contributed by atoms with Gasteiger partial charge < -0.3 is 10.2 Å². The fraction of sp³-hybridized carbons (Fsp3) is 0.444. The second kappa shape index (κ2) is 8.20. The van der Waals surface area contributed by atoms with Gasteiger partial charge in [-0.2, -0.15) is 11.3 Å². The summed E-state index contributed by atoms with van der Waals surface area (Å²) < 4.78 is 0. The van der Waals surface area contributed by atoms with Crippen LogP contribution in [0.3, 0.4) is 0 Å². The summed E-state index contributed by atoms with van der Waals surface area (Å²) in [5, 5.41) is 7.98. The van der Waals surface area contributed by atoms with Crippen molar-refractivity contribution in [2.45, 2.75) is 39.8 Å². The predicted octanol–water partition coefficient (Wildman–Crippen LogP) is 4.32. The molecule has 0 aliphatic carbocycles. The summed E-state index contributed by atoms with van der Waals surface area (Å²) in [7, 11) is 0. The molecule has 1 heterocycles. The number of benzene rings is 1. The topological polar surface area (TPSA) is 15.3 Å². The lowest BCUT2D eigenvalue weighted by atomic mass is 10.1. The molecular formula is C18H26N2S. The van der Waals surface area contributed by atoms with Crippen molar-refractivity contribution >= 4 is 17.0 Å². The van der Waals surface area contributed by atoms with Crippen molar-refractivity contribution in [2.24, 2.45) is 0 Å². The third-order valence-electron chi connectivity index (χ3n) is 3.84. The molecule has 2 nitrogen and oxygen atoms in total. The lowest BCUT2D eigenvalue weighted by Crippen LogP contribution is -2.27. The van der Waals surface area contributed by atoms with E-state index >= 15 is 0 Å². The molecule has 0 fully saturated rings. The van der Waals surface area contributed by atoms with E-state index in [2.05, 4.69) is 72.1 Å². The van der Waals surface area contributed by atoms with Crippen LogP contribution in [0.1, 0.15) is 31.9 Å². The van der Waals surface area contributed by atoms with Crippen LogP contribution in [0.25, 0.3) is 0 Å². The number of nitrogens with one attached hydrogen (secondary N) is 1. The fourth-order valence-corrected chi connectivity index (χ4v) is 3.22. The van der Waals surface area contributed by atoms with Gasteiger partial charge in [-0.15, -0.1) is 0 Å². The van der Waals surface area contributed by atoms with E-state index in [1.807, 2.05) is 0 Å². The van der Waals surface area contributed by atoms with Crippen LogP contribution >= 0.6 is 11.3 Å². The van der Waals surface area contributed by atoms with E-state index in [4.69, 9.17) is 0 Å². The number of anilines is 1. The van der Waals surface area contributed by atoms with E-state index in [1.165, 1.54) is 16.8 Å². The molecule has 0 radical (unpaired) electrons. The zero-order valence-electron chi connectivity index (χ0n) is 13.3. The smallest absolute Gasteiger partial charge is 0.0366 e. The van der Waals surface area contributed by atoms with Crippen LogP contribution in [0.5, 0.6) is 0 Å². The fourth-order valence-electron chi connectivity index (χ4n) is 2.54.